The summed E-state index contributed by atoms with van der Waals surface area (Å²) in [6.45, 7) is 0.431. The zero-order chi connectivity index (χ0) is 12.4. The van der Waals surface area contributed by atoms with Crippen LogP contribution in [0.25, 0.3) is 0 Å². The second-order valence-electron chi connectivity index (χ2n) is 3.34. The molecule has 1 N–H and O–H groups in total. The van der Waals surface area contributed by atoms with Crippen molar-refractivity contribution in [1.29, 1.82) is 0 Å². The van der Waals surface area contributed by atoms with Gasteiger partial charge in [0.25, 0.3) is 0 Å². The largest absolute Gasteiger partial charge is 0.380 e. The predicted molar refractivity (Wildman–Crippen MR) is 65.7 cm³/mol. The van der Waals surface area contributed by atoms with Gasteiger partial charge in [-0.15, -0.1) is 11.3 Å². The van der Waals surface area contributed by atoms with Gasteiger partial charge in [0.15, 0.2) is 17.5 Å². The van der Waals surface area contributed by atoms with Crippen LogP contribution >= 0.6 is 27.3 Å². The van der Waals surface area contributed by atoms with E-state index in [-0.39, 0.29) is 5.69 Å². The molecule has 6 heteroatoms. The number of rotatable bonds is 3. The molecule has 0 aliphatic heterocycles. The molecule has 0 radical (unpaired) electrons. The van der Waals surface area contributed by atoms with Crippen LogP contribution in [-0.4, -0.2) is 0 Å². The Hall–Kier alpha value is -1.01. The Morgan fingerprint density at radius 2 is 1.76 bits per heavy atom. The zero-order valence-electron chi connectivity index (χ0n) is 8.44. The number of benzene rings is 1. The van der Waals surface area contributed by atoms with Crippen LogP contribution in [0.5, 0.6) is 0 Å². The van der Waals surface area contributed by atoms with Crippen LogP contribution in [0, 0.1) is 17.5 Å². The third-order valence-corrected chi connectivity index (χ3v) is 3.77. The van der Waals surface area contributed by atoms with E-state index in [1.165, 1.54) is 11.3 Å². The third kappa shape index (κ3) is 3.01. The molecule has 0 fully saturated rings. The van der Waals surface area contributed by atoms with Crippen LogP contribution in [0.15, 0.2) is 28.1 Å². The minimum absolute atomic E-state index is 0.214. The molecule has 1 aromatic heterocycles. The van der Waals surface area contributed by atoms with Gasteiger partial charge in [-0.2, -0.15) is 0 Å². The van der Waals surface area contributed by atoms with E-state index in [0.717, 1.165) is 21.5 Å². The summed E-state index contributed by atoms with van der Waals surface area (Å²) in [5, 5.41) is 4.73. The molecule has 2 aromatic rings. The number of hydrogen-bond acceptors (Lipinski definition) is 2. The van der Waals surface area contributed by atoms with Crippen molar-refractivity contribution in [2.24, 2.45) is 0 Å². The maximum Gasteiger partial charge on any atom is 0.194 e. The fourth-order valence-corrected chi connectivity index (χ4v) is 2.68. The summed E-state index contributed by atoms with van der Waals surface area (Å²) in [6.07, 6.45) is 0. The van der Waals surface area contributed by atoms with Gasteiger partial charge in [-0.25, -0.2) is 13.2 Å². The summed E-state index contributed by atoms with van der Waals surface area (Å²) in [6, 6.07) is 3.76. The highest BCUT2D eigenvalue weighted by Gasteiger charge is 2.10. The van der Waals surface area contributed by atoms with Crippen molar-refractivity contribution in [3.05, 3.63) is 50.4 Å². The molecule has 1 heterocycles. The summed E-state index contributed by atoms with van der Waals surface area (Å²) < 4.78 is 39.5. The first kappa shape index (κ1) is 12.4. The lowest BCUT2D eigenvalue weighted by atomic mass is 10.3. The lowest BCUT2D eigenvalue weighted by Crippen LogP contribution is -2.00. The van der Waals surface area contributed by atoms with Gasteiger partial charge >= 0.3 is 0 Å². The Labute approximate surface area is 108 Å². The molecule has 2 rings (SSSR count). The van der Waals surface area contributed by atoms with Crippen molar-refractivity contribution < 1.29 is 13.2 Å². The second kappa shape index (κ2) is 5.10. The summed E-state index contributed by atoms with van der Waals surface area (Å²) >= 11 is 4.81. The standard InChI is InChI=1S/C11H7BrF3NS/c12-6-1-8(17-5-6)4-16-7-2-9(13)11(15)10(14)3-7/h1-3,5,16H,4H2. The van der Waals surface area contributed by atoms with Crippen LogP contribution in [0.3, 0.4) is 0 Å². The zero-order valence-corrected chi connectivity index (χ0v) is 10.8. The molecule has 0 saturated carbocycles. The summed E-state index contributed by atoms with van der Waals surface area (Å²) in [4.78, 5) is 1.00. The topological polar surface area (TPSA) is 12.0 Å². The highest BCUT2D eigenvalue weighted by molar-refractivity contribution is 9.10. The van der Waals surface area contributed by atoms with Crippen LogP contribution in [0.1, 0.15) is 4.88 Å². The van der Waals surface area contributed by atoms with Gasteiger partial charge < -0.3 is 5.32 Å². The van der Waals surface area contributed by atoms with E-state index in [0.29, 0.717) is 6.54 Å². The fraction of sp³-hybridized carbons (Fsp3) is 0.0909. The van der Waals surface area contributed by atoms with Crippen molar-refractivity contribution in [3.63, 3.8) is 0 Å². The molecule has 1 nitrogen and oxygen atoms in total. The van der Waals surface area contributed by atoms with E-state index in [9.17, 15) is 13.2 Å². The summed E-state index contributed by atoms with van der Waals surface area (Å²) in [5.41, 5.74) is 0.214. The van der Waals surface area contributed by atoms with Crippen LogP contribution < -0.4 is 5.32 Å². The maximum absolute atomic E-state index is 12.9. The second-order valence-corrected chi connectivity index (χ2v) is 5.25. The monoisotopic (exact) mass is 321 g/mol. The van der Waals surface area contributed by atoms with Gasteiger partial charge in [-0.3, -0.25) is 0 Å². The molecular formula is C11H7BrF3NS. The van der Waals surface area contributed by atoms with E-state index < -0.39 is 17.5 Å². The van der Waals surface area contributed by atoms with Crippen molar-refractivity contribution in [3.8, 4) is 0 Å². The molecule has 0 aliphatic rings. The highest BCUT2D eigenvalue weighted by atomic mass is 79.9. The van der Waals surface area contributed by atoms with Crippen molar-refractivity contribution >= 4 is 33.0 Å². The van der Waals surface area contributed by atoms with E-state index in [4.69, 9.17) is 0 Å². The lowest BCUT2D eigenvalue weighted by molar-refractivity contribution is 0.447. The first-order valence-electron chi connectivity index (χ1n) is 4.67. The maximum atomic E-state index is 12.9. The third-order valence-electron chi connectivity index (χ3n) is 2.07. The molecule has 0 unspecified atom stereocenters. The lowest BCUT2D eigenvalue weighted by Gasteiger charge is -2.05. The number of thiophene rings is 1. The van der Waals surface area contributed by atoms with Gasteiger partial charge in [0.2, 0.25) is 0 Å². The molecule has 0 atom stereocenters. The number of anilines is 1. The minimum atomic E-state index is -1.45. The Bertz CT molecular complexity index is 518. The van der Waals surface area contributed by atoms with Crippen LogP contribution in [-0.2, 0) is 6.54 Å². The Morgan fingerprint density at radius 1 is 1.12 bits per heavy atom. The molecule has 0 bridgehead atoms. The summed E-state index contributed by atoms with van der Waals surface area (Å²) in [5.74, 6) is -3.84. The Kier molecular flexibility index (Phi) is 3.73. The van der Waals surface area contributed by atoms with E-state index >= 15 is 0 Å². The minimum Gasteiger partial charge on any atom is -0.380 e. The molecular weight excluding hydrogens is 315 g/mol. The van der Waals surface area contributed by atoms with Crippen LogP contribution in [0.4, 0.5) is 18.9 Å². The SMILES string of the molecule is Fc1cc(NCc2cc(Br)cs2)cc(F)c1F. The van der Waals surface area contributed by atoms with E-state index in [1.807, 2.05) is 11.4 Å². The molecule has 0 saturated heterocycles. The molecule has 17 heavy (non-hydrogen) atoms. The first-order valence-corrected chi connectivity index (χ1v) is 6.35. The first-order chi connectivity index (χ1) is 8.06. The van der Waals surface area contributed by atoms with Crippen molar-refractivity contribution in [2.75, 3.05) is 5.32 Å². The van der Waals surface area contributed by atoms with Gasteiger partial charge in [0.1, 0.15) is 0 Å². The number of halogens is 4. The molecule has 1 aromatic carbocycles. The van der Waals surface area contributed by atoms with E-state index in [1.54, 1.807) is 0 Å². The fourth-order valence-electron chi connectivity index (χ4n) is 1.29. The smallest absolute Gasteiger partial charge is 0.194 e. The normalized spacial score (nSPS) is 10.6. The van der Waals surface area contributed by atoms with Gasteiger partial charge in [-0.05, 0) is 22.0 Å². The Morgan fingerprint density at radius 3 is 2.29 bits per heavy atom. The van der Waals surface area contributed by atoms with Gasteiger partial charge in [0, 0.05) is 39.1 Å². The van der Waals surface area contributed by atoms with Gasteiger partial charge in [0.05, 0.1) is 0 Å². The number of nitrogens with one attached hydrogen (secondary N) is 1. The Balaban J connectivity index is 2.09. The van der Waals surface area contributed by atoms with Crippen molar-refractivity contribution in [1.82, 2.24) is 0 Å². The van der Waals surface area contributed by atoms with Gasteiger partial charge in [-0.1, -0.05) is 0 Å². The molecule has 0 aliphatic carbocycles. The molecule has 90 valence electrons. The average molecular weight is 322 g/mol. The quantitative estimate of drug-likeness (QED) is 0.818. The average Bonchev–Trinajstić information content (AvgIpc) is 2.69. The molecule has 0 amide bonds. The van der Waals surface area contributed by atoms with Crippen LogP contribution in [0.2, 0.25) is 0 Å². The predicted octanol–water partition coefficient (Wildman–Crippen LogP) is 4.54. The van der Waals surface area contributed by atoms with Crippen molar-refractivity contribution in [2.45, 2.75) is 6.54 Å². The van der Waals surface area contributed by atoms with E-state index in [2.05, 4.69) is 21.2 Å². The molecule has 0 spiro atoms. The highest BCUT2D eigenvalue weighted by Crippen LogP contribution is 2.22. The number of hydrogen-bond donors (Lipinski definition) is 1. The summed E-state index contributed by atoms with van der Waals surface area (Å²) in [7, 11) is 0.